The molecular weight excluding hydrogens is 172 g/mol. The first-order valence-corrected chi connectivity index (χ1v) is 5.64. The Kier molecular flexibility index (Phi) is 3.52. The molecule has 1 rings (SSSR count). The summed E-state index contributed by atoms with van der Waals surface area (Å²) in [6.07, 6.45) is 4.85. The van der Waals surface area contributed by atoms with Crippen molar-refractivity contribution in [3.63, 3.8) is 0 Å². The number of carbonyl (C=O) groups is 1. The summed E-state index contributed by atoms with van der Waals surface area (Å²) in [5.41, 5.74) is 1.34. The molecule has 0 aromatic heterocycles. The average Bonchev–Trinajstić information content (AvgIpc) is 2.02. The van der Waals surface area contributed by atoms with Gasteiger partial charge in [-0.2, -0.15) is 0 Å². The molecule has 1 aliphatic rings. The minimum atomic E-state index is 0.128. The topological polar surface area (TPSA) is 17.1 Å². The minimum Gasteiger partial charge on any atom is -0.300 e. The fourth-order valence-electron chi connectivity index (χ4n) is 2.67. The molecule has 80 valence electrons. The van der Waals surface area contributed by atoms with Crippen molar-refractivity contribution in [2.24, 2.45) is 11.3 Å². The molecule has 0 aliphatic heterocycles. The second-order valence-electron chi connectivity index (χ2n) is 5.23. The Hall–Kier alpha value is -0.590. The summed E-state index contributed by atoms with van der Waals surface area (Å²) >= 11 is 0. The predicted octanol–water partition coefficient (Wildman–Crippen LogP) is 3.74. The number of carbonyl (C=O) groups excluding carboxylic acids is 1. The largest absolute Gasteiger partial charge is 0.300 e. The Balaban J connectivity index is 2.80. The van der Waals surface area contributed by atoms with Crippen molar-refractivity contribution in [1.82, 2.24) is 0 Å². The first-order valence-electron chi connectivity index (χ1n) is 5.64. The van der Waals surface area contributed by atoms with E-state index in [-0.39, 0.29) is 5.41 Å². The van der Waals surface area contributed by atoms with Crippen LogP contribution in [0.2, 0.25) is 0 Å². The zero-order chi connectivity index (χ0) is 10.8. The van der Waals surface area contributed by atoms with Crippen LogP contribution in [0.4, 0.5) is 0 Å². The molecule has 0 aromatic rings. The molecule has 1 fully saturated rings. The summed E-state index contributed by atoms with van der Waals surface area (Å²) in [7, 11) is 0. The number of allylic oxidation sites excluding steroid dienone is 1. The molecule has 14 heavy (non-hydrogen) atoms. The van der Waals surface area contributed by atoms with Crippen LogP contribution in [0.5, 0.6) is 0 Å². The van der Waals surface area contributed by atoms with Gasteiger partial charge < -0.3 is 0 Å². The van der Waals surface area contributed by atoms with Crippen molar-refractivity contribution in [3.8, 4) is 0 Å². The average molecular weight is 194 g/mol. The van der Waals surface area contributed by atoms with Gasteiger partial charge >= 0.3 is 0 Å². The molecule has 1 unspecified atom stereocenters. The van der Waals surface area contributed by atoms with E-state index in [0.717, 1.165) is 32.1 Å². The van der Waals surface area contributed by atoms with Gasteiger partial charge in [0.1, 0.15) is 5.78 Å². The van der Waals surface area contributed by atoms with Gasteiger partial charge in [0.2, 0.25) is 0 Å². The Morgan fingerprint density at radius 3 is 2.64 bits per heavy atom. The monoisotopic (exact) mass is 194 g/mol. The van der Waals surface area contributed by atoms with Gasteiger partial charge in [-0.15, -0.1) is 0 Å². The highest BCUT2D eigenvalue weighted by atomic mass is 16.1. The lowest BCUT2D eigenvalue weighted by molar-refractivity contribution is -0.123. The fraction of sp³-hybridized carbons (Fsp3) is 0.769. The number of rotatable bonds is 3. The number of Topliss-reactive ketones (excluding diaryl/α,β-unsaturated/α-hetero) is 1. The summed E-state index contributed by atoms with van der Waals surface area (Å²) < 4.78 is 0. The summed E-state index contributed by atoms with van der Waals surface area (Å²) in [6.45, 7) is 10.6. The molecular formula is C13H22O. The Bertz CT molecular complexity index is 240. The van der Waals surface area contributed by atoms with Gasteiger partial charge in [-0.3, -0.25) is 4.79 Å². The smallest absolute Gasteiger partial charge is 0.133 e. The molecule has 0 bridgehead atoms. The summed E-state index contributed by atoms with van der Waals surface area (Å²) in [4.78, 5) is 11.5. The first-order chi connectivity index (χ1) is 6.46. The molecule has 1 aliphatic carbocycles. The van der Waals surface area contributed by atoms with Crippen LogP contribution >= 0.6 is 0 Å². The molecule has 1 atom stereocenters. The van der Waals surface area contributed by atoms with Crippen LogP contribution in [-0.4, -0.2) is 5.78 Å². The van der Waals surface area contributed by atoms with Crippen molar-refractivity contribution in [1.29, 1.82) is 0 Å². The Morgan fingerprint density at radius 2 is 2.21 bits per heavy atom. The first kappa shape index (κ1) is 11.5. The molecule has 1 heteroatoms. The standard InChI is InChI=1S/C13H22O/c1-10(2)8-13(11(3)4)7-5-6-12(14)9-13/h10H,3,5-9H2,1-2,4H3. The summed E-state index contributed by atoms with van der Waals surface area (Å²) in [6, 6.07) is 0. The third-order valence-corrected chi connectivity index (χ3v) is 3.35. The lowest BCUT2D eigenvalue weighted by Gasteiger charge is -2.38. The highest BCUT2D eigenvalue weighted by Crippen LogP contribution is 2.45. The van der Waals surface area contributed by atoms with E-state index in [1.165, 1.54) is 5.57 Å². The van der Waals surface area contributed by atoms with E-state index in [2.05, 4.69) is 27.4 Å². The van der Waals surface area contributed by atoms with Gasteiger partial charge in [0, 0.05) is 12.8 Å². The van der Waals surface area contributed by atoms with E-state index < -0.39 is 0 Å². The molecule has 0 N–H and O–H groups in total. The highest BCUT2D eigenvalue weighted by molar-refractivity contribution is 5.80. The molecule has 0 aromatic carbocycles. The van der Waals surface area contributed by atoms with E-state index in [1.54, 1.807) is 0 Å². The van der Waals surface area contributed by atoms with E-state index in [1.807, 2.05) is 0 Å². The van der Waals surface area contributed by atoms with Gasteiger partial charge in [-0.05, 0) is 37.5 Å². The molecule has 0 heterocycles. The van der Waals surface area contributed by atoms with Crippen LogP contribution in [0.15, 0.2) is 12.2 Å². The van der Waals surface area contributed by atoms with Crippen molar-refractivity contribution < 1.29 is 4.79 Å². The van der Waals surface area contributed by atoms with E-state index >= 15 is 0 Å². The van der Waals surface area contributed by atoms with Gasteiger partial charge in [0.05, 0.1) is 0 Å². The third kappa shape index (κ3) is 2.46. The molecule has 1 nitrogen and oxygen atoms in total. The van der Waals surface area contributed by atoms with E-state index in [9.17, 15) is 4.79 Å². The lowest BCUT2D eigenvalue weighted by Crippen LogP contribution is -2.31. The quantitative estimate of drug-likeness (QED) is 0.625. The SMILES string of the molecule is C=C(C)C1(CC(C)C)CCCC(=O)C1. The third-order valence-electron chi connectivity index (χ3n) is 3.35. The zero-order valence-electron chi connectivity index (χ0n) is 9.73. The minimum absolute atomic E-state index is 0.128. The fourth-order valence-corrected chi connectivity index (χ4v) is 2.67. The number of hydrogen-bond acceptors (Lipinski definition) is 1. The van der Waals surface area contributed by atoms with Crippen molar-refractivity contribution in [2.45, 2.75) is 52.9 Å². The molecule has 0 amide bonds. The van der Waals surface area contributed by atoms with Gasteiger partial charge in [-0.25, -0.2) is 0 Å². The second-order valence-corrected chi connectivity index (χ2v) is 5.23. The molecule has 0 spiro atoms. The maximum absolute atomic E-state index is 11.5. The maximum atomic E-state index is 11.5. The van der Waals surface area contributed by atoms with Crippen molar-refractivity contribution in [3.05, 3.63) is 12.2 Å². The number of hydrogen-bond donors (Lipinski definition) is 0. The zero-order valence-corrected chi connectivity index (χ0v) is 9.73. The van der Waals surface area contributed by atoms with Crippen LogP contribution in [-0.2, 0) is 4.79 Å². The molecule has 1 saturated carbocycles. The maximum Gasteiger partial charge on any atom is 0.133 e. The molecule has 0 saturated heterocycles. The van der Waals surface area contributed by atoms with Crippen LogP contribution < -0.4 is 0 Å². The molecule has 0 radical (unpaired) electrons. The highest BCUT2D eigenvalue weighted by Gasteiger charge is 2.36. The van der Waals surface area contributed by atoms with Gasteiger partial charge in [0.15, 0.2) is 0 Å². The van der Waals surface area contributed by atoms with Crippen LogP contribution in [0.3, 0.4) is 0 Å². The van der Waals surface area contributed by atoms with E-state index in [0.29, 0.717) is 11.7 Å². The second kappa shape index (κ2) is 4.29. The van der Waals surface area contributed by atoms with Crippen LogP contribution in [0.1, 0.15) is 52.9 Å². The summed E-state index contributed by atoms with van der Waals surface area (Å²) in [5, 5.41) is 0. The van der Waals surface area contributed by atoms with Crippen LogP contribution in [0, 0.1) is 11.3 Å². The lowest BCUT2D eigenvalue weighted by atomic mass is 9.65. The van der Waals surface area contributed by atoms with Gasteiger partial charge in [0.25, 0.3) is 0 Å². The Morgan fingerprint density at radius 1 is 1.57 bits per heavy atom. The summed E-state index contributed by atoms with van der Waals surface area (Å²) in [5.74, 6) is 1.08. The van der Waals surface area contributed by atoms with Gasteiger partial charge in [-0.1, -0.05) is 26.0 Å². The number of ketones is 1. The van der Waals surface area contributed by atoms with Crippen LogP contribution in [0.25, 0.3) is 0 Å². The normalized spacial score (nSPS) is 28.1. The predicted molar refractivity (Wildman–Crippen MR) is 60.2 cm³/mol. The van der Waals surface area contributed by atoms with Crippen molar-refractivity contribution >= 4 is 5.78 Å². The van der Waals surface area contributed by atoms with Crippen molar-refractivity contribution in [2.75, 3.05) is 0 Å². The Labute approximate surface area is 87.6 Å². The van der Waals surface area contributed by atoms with E-state index in [4.69, 9.17) is 0 Å².